The Kier molecular flexibility index (Phi) is 8.41. The molecule has 1 aliphatic rings. The van der Waals surface area contributed by atoms with Crippen LogP contribution >= 0.6 is 47.2 Å². The van der Waals surface area contributed by atoms with Crippen LogP contribution in [0.3, 0.4) is 0 Å². The number of carbonyl (C=O) groups is 1. The number of hydrogen-bond acceptors (Lipinski definition) is 6. The van der Waals surface area contributed by atoms with E-state index in [1.165, 1.54) is 17.3 Å². The van der Waals surface area contributed by atoms with Gasteiger partial charge in [-0.25, -0.2) is 0 Å². The number of halogens is 2. The monoisotopic (exact) mass is 483 g/mol. The quantitative estimate of drug-likeness (QED) is 0.298. The number of rotatable bonds is 9. The van der Waals surface area contributed by atoms with Gasteiger partial charge in [0, 0.05) is 0 Å². The van der Waals surface area contributed by atoms with E-state index in [0.717, 1.165) is 5.75 Å². The maximum absolute atomic E-state index is 11.8. The summed E-state index contributed by atoms with van der Waals surface area (Å²) in [4.78, 5) is 12.3. The van der Waals surface area contributed by atoms with E-state index < -0.39 is 0 Å². The van der Waals surface area contributed by atoms with E-state index in [0.29, 0.717) is 50.4 Å². The number of benzene rings is 2. The molecule has 0 atom stereocenters. The first-order valence-corrected chi connectivity index (χ1v) is 11.0. The highest BCUT2D eigenvalue weighted by atomic mass is 35.5. The average molecular weight is 484 g/mol. The lowest BCUT2D eigenvalue weighted by Crippen LogP contribution is -2.17. The Morgan fingerprint density at radius 2 is 1.67 bits per heavy atom. The minimum absolute atomic E-state index is 0.235. The van der Waals surface area contributed by atoms with Crippen LogP contribution in [0.15, 0.2) is 41.3 Å². The van der Waals surface area contributed by atoms with E-state index in [1.54, 1.807) is 18.2 Å². The largest absolute Gasteiger partial charge is 0.491 e. The molecule has 158 valence electrons. The second-order valence-corrected chi connectivity index (χ2v) is 8.82. The van der Waals surface area contributed by atoms with Crippen LogP contribution in [0.2, 0.25) is 10.0 Å². The zero-order valence-corrected chi connectivity index (χ0v) is 19.2. The fourth-order valence-corrected chi connectivity index (χ4v) is 4.19. The van der Waals surface area contributed by atoms with Crippen molar-refractivity contribution in [3.05, 3.63) is 62.5 Å². The maximum atomic E-state index is 11.8. The predicted octanol–water partition coefficient (Wildman–Crippen LogP) is 5.27. The number of amides is 1. The van der Waals surface area contributed by atoms with E-state index in [2.05, 4.69) is 5.32 Å². The van der Waals surface area contributed by atoms with Crippen molar-refractivity contribution >= 4 is 63.5 Å². The predicted molar refractivity (Wildman–Crippen MR) is 126 cm³/mol. The number of nitrogens with one attached hydrogen (secondary N) is 1. The zero-order valence-electron chi connectivity index (χ0n) is 16.1. The number of thiocarbonyl (C=S) groups is 1. The molecule has 5 nitrogen and oxygen atoms in total. The van der Waals surface area contributed by atoms with Crippen LogP contribution in [0.4, 0.5) is 0 Å². The van der Waals surface area contributed by atoms with Gasteiger partial charge in [-0.1, -0.05) is 64.9 Å². The highest BCUT2D eigenvalue weighted by Gasteiger charge is 2.22. The molecule has 1 N–H and O–H groups in total. The van der Waals surface area contributed by atoms with Gasteiger partial charge in [0.05, 0.1) is 28.2 Å². The van der Waals surface area contributed by atoms with Crippen molar-refractivity contribution in [1.82, 2.24) is 5.32 Å². The Hall–Kier alpha value is -1.77. The van der Waals surface area contributed by atoms with E-state index in [9.17, 15) is 4.79 Å². The Balaban J connectivity index is 1.43. The van der Waals surface area contributed by atoms with E-state index in [1.807, 2.05) is 31.2 Å². The molecule has 0 saturated carbocycles. The van der Waals surface area contributed by atoms with Crippen LogP contribution in [0.25, 0.3) is 6.08 Å². The fourth-order valence-electron chi connectivity index (χ4n) is 2.53. The van der Waals surface area contributed by atoms with Gasteiger partial charge in [0.15, 0.2) is 5.75 Å². The van der Waals surface area contributed by atoms with Gasteiger partial charge in [0.2, 0.25) is 0 Å². The normalized spacial score (nSPS) is 14.8. The number of thioether (sulfide) groups is 1. The standard InChI is InChI=1S/C21H19Cl2NO4S2/c1-13-2-4-15(5-3-13)27-8-6-26-7-9-28-19-16(22)10-14(11-17(19)23)12-18-20(25)24-21(29)30-18/h2-5,10-12H,6-9H2,1H3,(H,24,25,29)/b18-12+. The number of aryl methyl sites for hydroxylation is 1. The third-order valence-corrected chi connectivity index (χ3v) is 5.68. The van der Waals surface area contributed by atoms with Gasteiger partial charge < -0.3 is 19.5 Å². The van der Waals surface area contributed by atoms with Gasteiger partial charge in [-0.2, -0.15) is 0 Å². The Morgan fingerprint density at radius 1 is 1.03 bits per heavy atom. The van der Waals surface area contributed by atoms with Crippen molar-refractivity contribution < 1.29 is 19.0 Å². The molecule has 0 unspecified atom stereocenters. The molecular weight excluding hydrogens is 465 g/mol. The van der Waals surface area contributed by atoms with Gasteiger partial charge in [0.25, 0.3) is 5.91 Å². The molecule has 2 aromatic carbocycles. The maximum Gasteiger partial charge on any atom is 0.263 e. The molecule has 0 aromatic heterocycles. The van der Waals surface area contributed by atoms with E-state index in [4.69, 9.17) is 49.6 Å². The average Bonchev–Trinajstić information content (AvgIpc) is 3.01. The summed E-state index contributed by atoms with van der Waals surface area (Å²) < 4.78 is 17.2. The first kappa shape index (κ1) is 22.9. The Morgan fingerprint density at radius 3 is 2.27 bits per heavy atom. The van der Waals surface area contributed by atoms with Crippen LogP contribution < -0.4 is 14.8 Å². The zero-order chi connectivity index (χ0) is 21.5. The number of ether oxygens (including phenoxy) is 3. The van der Waals surface area contributed by atoms with Crippen LogP contribution in [0.5, 0.6) is 11.5 Å². The van der Waals surface area contributed by atoms with Crippen molar-refractivity contribution in [2.75, 3.05) is 26.4 Å². The van der Waals surface area contributed by atoms with Crippen molar-refractivity contribution in [2.45, 2.75) is 6.92 Å². The third kappa shape index (κ3) is 6.62. The lowest BCUT2D eigenvalue weighted by atomic mass is 10.2. The molecule has 1 saturated heterocycles. The smallest absolute Gasteiger partial charge is 0.263 e. The summed E-state index contributed by atoms with van der Waals surface area (Å²) >= 11 is 18.8. The lowest BCUT2D eigenvalue weighted by molar-refractivity contribution is -0.115. The van der Waals surface area contributed by atoms with Gasteiger partial charge in [0.1, 0.15) is 23.3 Å². The van der Waals surface area contributed by atoms with E-state index in [-0.39, 0.29) is 12.5 Å². The third-order valence-electron chi connectivity index (χ3n) is 3.95. The molecule has 0 spiro atoms. The van der Waals surface area contributed by atoms with Gasteiger partial charge in [-0.05, 0) is 42.8 Å². The van der Waals surface area contributed by atoms with Crippen molar-refractivity contribution in [2.24, 2.45) is 0 Å². The second-order valence-electron chi connectivity index (χ2n) is 6.29. The van der Waals surface area contributed by atoms with E-state index >= 15 is 0 Å². The van der Waals surface area contributed by atoms with Crippen LogP contribution in [0, 0.1) is 6.92 Å². The van der Waals surface area contributed by atoms with Crippen molar-refractivity contribution in [1.29, 1.82) is 0 Å². The minimum atomic E-state index is -0.235. The van der Waals surface area contributed by atoms with Gasteiger partial charge in [-0.3, -0.25) is 4.79 Å². The molecule has 1 aliphatic heterocycles. The highest BCUT2D eigenvalue weighted by Crippen LogP contribution is 2.36. The minimum Gasteiger partial charge on any atom is -0.491 e. The molecule has 2 aromatic rings. The Bertz CT molecular complexity index is 941. The molecule has 1 fully saturated rings. The summed E-state index contributed by atoms with van der Waals surface area (Å²) in [6.07, 6.45) is 1.68. The summed E-state index contributed by atoms with van der Waals surface area (Å²) in [5.74, 6) is 0.949. The highest BCUT2D eigenvalue weighted by molar-refractivity contribution is 8.26. The molecule has 3 rings (SSSR count). The summed E-state index contributed by atoms with van der Waals surface area (Å²) in [6.45, 7) is 3.57. The molecule has 0 bridgehead atoms. The molecule has 1 heterocycles. The SMILES string of the molecule is Cc1ccc(OCCOCCOc2c(Cl)cc(/C=C3/SC(=S)NC3=O)cc2Cl)cc1. The molecule has 30 heavy (non-hydrogen) atoms. The summed E-state index contributed by atoms with van der Waals surface area (Å²) in [7, 11) is 0. The van der Waals surface area contributed by atoms with Crippen molar-refractivity contribution in [3.63, 3.8) is 0 Å². The number of hydrogen-bond donors (Lipinski definition) is 1. The van der Waals surface area contributed by atoms with Crippen LogP contribution in [0.1, 0.15) is 11.1 Å². The lowest BCUT2D eigenvalue weighted by Gasteiger charge is -2.12. The molecular formula is C21H19Cl2NO4S2. The Labute approximate surface area is 194 Å². The van der Waals surface area contributed by atoms with Crippen LogP contribution in [-0.4, -0.2) is 36.7 Å². The molecule has 0 aliphatic carbocycles. The number of carbonyl (C=O) groups excluding carboxylic acids is 1. The first-order chi connectivity index (χ1) is 14.4. The summed E-state index contributed by atoms with van der Waals surface area (Å²) in [6, 6.07) is 11.2. The molecule has 9 heteroatoms. The van der Waals surface area contributed by atoms with Crippen molar-refractivity contribution in [3.8, 4) is 11.5 Å². The van der Waals surface area contributed by atoms with Gasteiger partial charge >= 0.3 is 0 Å². The summed E-state index contributed by atoms with van der Waals surface area (Å²) in [5.41, 5.74) is 1.87. The van der Waals surface area contributed by atoms with Crippen LogP contribution in [-0.2, 0) is 9.53 Å². The van der Waals surface area contributed by atoms with Gasteiger partial charge in [-0.15, -0.1) is 0 Å². The molecule has 0 radical (unpaired) electrons. The topological polar surface area (TPSA) is 56.8 Å². The fraction of sp³-hybridized carbons (Fsp3) is 0.238. The second kappa shape index (κ2) is 11.0. The summed E-state index contributed by atoms with van der Waals surface area (Å²) in [5, 5.41) is 3.26. The first-order valence-electron chi connectivity index (χ1n) is 9.06. The molecule has 1 amide bonds.